The molecule has 0 spiro atoms. The maximum absolute atomic E-state index is 5.89. The van der Waals surface area contributed by atoms with Gasteiger partial charge in [-0.05, 0) is 19.9 Å². The molecule has 0 aliphatic carbocycles. The molecule has 5 nitrogen and oxygen atoms in total. The smallest absolute Gasteiger partial charge is 0.140 e. The Morgan fingerprint density at radius 3 is 3.10 bits per heavy atom. The highest BCUT2D eigenvalue weighted by atomic mass is 16.5. The fraction of sp³-hybridized carbons (Fsp3) is 0.667. The van der Waals surface area contributed by atoms with E-state index in [9.17, 15) is 0 Å². The van der Waals surface area contributed by atoms with E-state index in [-0.39, 0.29) is 6.10 Å². The Bertz CT molecular complexity index is 392. The summed E-state index contributed by atoms with van der Waals surface area (Å²) in [5.41, 5.74) is 1.14. The van der Waals surface area contributed by atoms with Crippen LogP contribution < -0.4 is 15.0 Å². The first-order valence-electron chi connectivity index (χ1n) is 7.36. The van der Waals surface area contributed by atoms with Gasteiger partial charge in [-0.1, -0.05) is 0 Å². The van der Waals surface area contributed by atoms with E-state index >= 15 is 0 Å². The number of nitrogens with zero attached hydrogens (tertiary/aromatic N) is 2. The summed E-state index contributed by atoms with van der Waals surface area (Å²) in [7, 11) is 1.71. The first kappa shape index (κ1) is 15.1. The molecule has 0 saturated carbocycles. The second-order valence-electron chi connectivity index (χ2n) is 5.18. The zero-order valence-corrected chi connectivity index (χ0v) is 12.5. The van der Waals surface area contributed by atoms with Gasteiger partial charge in [0.05, 0.1) is 24.2 Å². The second-order valence-corrected chi connectivity index (χ2v) is 5.18. The summed E-state index contributed by atoms with van der Waals surface area (Å²) in [4.78, 5) is 6.67. The molecule has 1 atom stereocenters. The third-order valence-corrected chi connectivity index (χ3v) is 3.47. The number of hydrogen-bond donors (Lipinski definition) is 1. The van der Waals surface area contributed by atoms with Crippen LogP contribution in [0.15, 0.2) is 18.5 Å². The van der Waals surface area contributed by atoms with Crippen molar-refractivity contribution in [3.8, 4) is 5.75 Å². The lowest BCUT2D eigenvalue weighted by Crippen LogP contribution is -2.28. The van der Waals surface area contributed by atoms with Crippen molar-refractivity contribution in [2.75, 3.05) is 44.8 Å². The summed E-state index contributed by atoms with van der Waals surface area (Å²) in [5.74, 6) is 0.836. The largest absolute Gasteiger partial charge is 0.489 e. The average Bonchev–Trinajstić information content (AvgIpc) is 2.74. The van der Waals surface area contributed by atoms with Crippen molar-refractivity contribution in [3.05, 3.63) is 18.5 Å². The number of aromatic nitrogens is 1. The molecule has 1 fully saturated rings. The zero-order chi connectivity index (χ0) is 14.2. The van der Waals surface area contributed by atoms with Crippen LogP contribution in [0.1, 0.15) is 19.8 Å². The highest BCUT2D eigenvalue weighted by Crippen LogP contribution is 2.21. The molecule has 1 saturated heterocycles. The monoisotopic (exact) mass is 279 g/mol. The van der Waals surface area contributed by atoms with Gasteiger partial charge in [0, 0.05) is 45.8 Å². The minimum atomic E-state index is 0.137. The van der Waals surface area contributed by atoms with Gasteiger partial charge in [-0.2, -0.15) is 0 Å². The van der Waals surface area contributed by atoms with Crippen LogP contribution in [0, 0.1) is 0 Å². The first-order chi connectivity index (χ1) is 9.79. The van der Waals surface area contributed by atoms with Gasteiger partial charge in [-0.15, -0.1) is 0 Å². The van der Waals surface area contributed by atoms with Gasteiger partial charge in [0.1, 0.15) is 5.75 Å². The van der Waals surface area contributed by atoms with Gasteiger partial charge in [-0.3, -0.25) is 4.98 Å². The van der Waals surface area contributed by atoms with Crippen LogP contribution in [0.3, 0.4) is 0 Å². The van der Waals surface area contributed by atoms with E-state index in [0.29, 0.717) is 6.61 Å². The number of pyridine rings is 1. The molecule has 112 valence electrons. The topological polar surface area (TPSA) is 46.6 Å². The van der Waals surface area contributed by atoms with Crippen LogP contribution in [0.4, 0.5) is 5.69 Å². The Morgan fingerprint density at radius 1 is 1.35 bits per heavy atom. The van der Waals surface area contributed by atoms with Crippen LogP contribution in [0.5, 0.6) is 5.75 Å². The number of hydrogen-bond acceptors (Lipinski definition) is 5. The quantitative estimate of drug-likeness (QED) is 0.858. The third-order valence-electron chi connectivity index (χ3n) is 3.47. The summed E-state index contributed by atoms with van der Waals surface area (Å²) >= 11 is 0. The maximum atomic E-state index is 5.89. The third kappa shape index (κ3) is 4.65. The zero-order valence-electron chi connectivity index (χ0n) is 12.5. The molecule has 0 bridgehead atoms. The molecule has 5 heteroatoms. The Morgan fingerprint density at radius 2 is 2.25 bits per heavy atom. The lowest BCUT2D eigenvalue weighted by Gasteiger charge is -2.23. The molecule has 1 N–H and O–H groups in total. The van der Waals surface area contributed by atoms with Crippen molar-refractivity contribution in [3.63, 3.8) is 0 Å². The van der Waals surface area contributed by atoms with E-state index in [4.69, 9.17) is 9.47 Å². The number of nitrogens with one attached hydrogen (secondary N) is 1. The molecule has 2 rings (SSSR count). The van der Waals surface area contributed by atoms with Crippen LogP contribution in [0.25, 0.3) is 0 Å². The standard InChI is InChI=1S/C15H25N3O2/c1-13(4-9-19-2)20-15-10-14(11-17-12-15)18-7-3-5-16-6-8-18/h10-13,16H,3-9H2,1-2H3. The molecule has 2 heterocycles. The van der Waals surface area contributed by atoms with Crippen LogP contribution in [0.2, 0.25) is 0 Å². The van der Waals surface area contributed by atoms with E-state index in [1.165, 1.54) is 0 Å². The molecule has 1 unspecified atom stereocenters. The highest BCUT2D eigenvalue weighted by molar-refractivity contribution is 5.48. The van der Waals surface area contributed by atoms with E-state index in [1.54, 1.807) is 13.3 Å². The summed E-state index contributed by atoms with van der Waals surface area (Å²) in [5, 5.41) is 3.41. The summed E-state index contributed by atoms with van der Waals surface area (Å²) < 4.78 is 11.0. The molecule has 1 aromatic heterocycles. The fourth-order valence-corrected chi connectivity index (χ4v) is 2.32. The van der Waals surface area contributed by atoms with Crippen molar-refractivity contribution in [1.82, 2.24) is 10.3 Å². The lowest BCUT2D eigenvalue weighted by atomic mass is 10.3. The SMILES string of the molecule is COCCC(C)Oc1cncc(N2CCCNCC2)c1. The number of rotatable bonds is 6. The Labute approximate surface area is 121 Å². The Hall–Kier alpha value is -1.33. The molecule has 0 aromatic carbocycles. The normalized spacial score (nSPS) is 17.6. The Kier molecular flexibility index (Phi) is 6.08. The van der Waals surface area contributed by atoms with Gasteiger partial charge < -0.3 is 19.7 Å². The minimum absolute atomic E-state index is 0.137. The molecule has 1 aliphatic rings. The highest BCUT2D eigenvalue weighted by Gasteiger charge is 2.11. The molecule has 20 heavy (non-hydrogen) atoms. The van der Waals surface area contributed by atoms with Crippen molar-refractivity contribution in [1.29, 1.82) is 0 Å². The maximum Gasteiger partial charge on any atom is 0.140 e. The molecular weight excluding hydrogens is 254 g/mol. The predicted molar refractivity (Wildman–Crippen MR) is 80.5 cm³/mol. The molecule has 0 amide bonds. The fourth-order valence-electron chi connectivity index (χ4n) is 2.32. The van der Waals surface area contributed by atoms with Crippen molar-refractivity contribution >= 4 is 5.69 Å². The van der Waals surface area contributed by atoms with Gasteiger partial charge in [0.2, 0.25) is 0 Å². The van der Waals surface area contributed by atoms with Gasteiger partial charge in [0.25, 0.3) is 0 Å². The van der Waals surface area contributed by atoms with E-state index < -0.39 is 0 Å². The van der Waals surface area contributed by atoms with E-state index in [1.807, 2.05) is 6.20 Å². The van der Waals surface area contributed by atoms with Gasteiger partial charge >= 0.3 is 0 Å². The van der Waals surface area contributed by atoms with E-state index in [0.717, 1.165) is 50.5 Å². The lowest BCUT2D eigenvalue weighted by molar-refractivity contribution is 0.135. The van der Waals surface area contributed by atoms with Crippen molar-refractivity contribution in [2.24, 2.45) is 0 Å². The van der Waals surface area contributed by atoms with Gasteiger partial charge in [-0.25, -0.2) is 0 Å². The Balaban J connectivity index is 1.96. The molecular formula is C15H25N3O2. The molecule has 1 aromatic rings. The van der Waals surface area contributed by atoms with Crippen LogP contribution >= 0.6 is 0 Å². The summed E-state index contributed by atoms with van der Waals surface area (Å²) in [6.45, 7) is 6.97. The molecule has 1 aliphatic heterocycles. The predicted octanol–water partition coefficient (Wildman–Crippen LogP) is 1.69. The summed E-state index contributed by atoms with van der Waals surface area (Å²) in [6, 6.07) is 2.08. The number of ether oxygens (including phenoxy) is 2. The second kappa shape index (κ2) is 8.07. The minimum Gasteiger partial charge on any atom is -0.489 e. The first-order valence-corrected chi connectivity index (χ1v) is 7.36. The molecule has 0 radical (unpaired) electrons. The van der Waals surface area contributed by atoms with Gasteiger partial charge in [0.15, 0.2) is 0 Å². The summed E-state index contributed by atoms with van der Waals surface area (Å²) in [6.07, 6.45) is 5.88. The van der Waals surface area contributed by atoms with E-state index in [2.05, 4.69) is 28.2 Å². The average molecular weight is 279 g/mol. The van der Waals surface area contributed by atoms with Crippen LogP contribution in [-0.4, -0.2) is 51.0 Å². The number of anilines is 1. The van der Waals surface area contributed by atoms with Crippen LogP contribution in [-0.2, 0) is 4.74 Å². The van der Waals surface area contributed by atoms with Crippen molar-refractivity contribution in [2.45, 2.75) is 25.9 Å². The number of methoxy groups -OCH3 is 1. The van der Waals surface area contributed by atoms with Crippen molar-refractivity contribution < 1.29 is 9.47 Å².